The highest BCUT2D eigenvalue weighted by atomic mass is 32.2. The molecule has 0 saturated carbocycles. The summed E-state index contributed by atoms with van der Waals surface area (Å²) in [4.78, 5) is 24.2. The summed E-state index contributed by atoms with van der Waals surface area (Å²) >= 11 is 0. The van der Waals surface area contributed by atoms with Crippen molar-refractivity contribution < 1.29 is 19.1 Å². The first-order valence-electron chi connectivity index (χ1n) is 7.42. The zero-order valence-electron chi connectivity index (χ0n) is 13.4. The first-order chi connectivity index (χ1) is 11.5. The van der Waals surface area contributed by atoms with Gasteiger partial charge in [0.05, 0.1) is 5.88 Å². The molecule has 1 saturated heterocycles. The lowest BCUT2D eigenvalue weighted by Gasteiger charge is -2.10. The fourth-order valence-electron chi connectivity index (χ4n) is 2.25. The molecule has 0 aromatic heterocycles. The number of ether oxygens (including phenoxy) is 2. The van der Waals surface area contributed by atoms with Gasteiger partial charge in [-0.2, -0.15) is 5.10 Å². The van der Waals surface area contributed by atoms with E-state index >= 15 is 0 Å². The Bertz CT molecular complexity index is 743. The van der Waals surface area contributed by atoms with E-state index in [0.717, 1.165) is 5.71 Å². The number of hydrogen-bond acceptors (Lipinski definition) is 5. The molecule has 24 heavy (non-hydrogen) atoms. The average Bonchev–Trinajstić information content (AvgIpc) is 3.12. The molecule has 2 amide bonds. The lowest BCUT2D eigenvalue weighted by atomic mass is 10.2. The predicted octanol–water partition coefficient (Wildman–Crippen LogP) is 1.40. The molecular formula is C15H18N4O4S. The van der Waals surface area contributed by atoms with Crippen LogP contribution in [0.3, 0.4) is 0 Å². The van der Waals surface area contributed by atoms with E-state index in [1.165, 1.54) is 0 Å². The first-order valence-corrected chi connectivity index (χ1v) is 8.83. The molecule has 128 valence electrons. The Kier molecular flexibility index (Phi) is 4.79. The second-order valence-electron chi connectivity index (χ2n) is 5.52. The van der Waals surface area contributed by atoms with Gasteiger partial charge in [-0.1, -0.05) is 0 Å². The van der Waals surface area contributed by atoms with Gasteiger partial charge < -0.3 is 20.1 Å². The largest absolute Gasteiger partial charge is 0.454 e. The highest BCUT2D eigenvalue weighted by Gasteiger charge is 2.32. The van der Waals surface area contributed by atoms with Crippen LogP contribution in [0.5, 0.6) is 11.5 Å². The Morgan fingerprint density at radius 2 is 2.17 bits per heavy atom. The standard InChI is InChI=1S/C15H18N4O4S/c1-9(2)18-19-24-7-16-15(21)13(24)6-14(20)17-10-3-4-11-12(5-10)23-8-22-11/h3-5,13H,6-8H2,1-2H3,(H,16,21)(H,17,20). The minimum atomic E-state index is -0.623. The number of carbonyl (C=O) groups excluding carboxylic acids is 2. The molecule has 0 spiro atoms. The molecule has 1 aromatic rings. The SMILES string of the molecule is CC(C)=N/N=S1\CNC(=O)C1CC(=O)Nc1ccc2c(c1)OCO2. The van der Waals surface area contributed by atoms with E-state index in [2.05, 4.69) is 20.2 Å². The lowest BCUT2D eigenvalue weighted by molar-refractivity contribution is -0.123. The number of rotatable bonds is 4. The molecular weight excluding hydrogens is 332 g/mol. The third-order valence-electron chi connectivity index (χ3n) is 3.39. The summed E-state index contributed by atoms with van der Waals surface area (Å²) in [5.41, 5.74) is 1.41. The van der Waals surface area contributed by atoms with Crippen LogP contribution in [0.25, 0.3) is 0 Å². The van der Waals surface area contributed by atoms with Gasteiger partial charge in [0, 0.05) is 23.9 Å². The van der Waals surface area contributed by atoms with Gasteiger partial charge in [0.15, 0.2) is 11.5 Å². The zero-order chi connectivity index (χ0) is 17.1. The third kappa shape index (κ3) is 3.73. The topological polar surface area (TPSA) is 101 Å². The maximum absolute atomic E-state index is 12.3. The van der Waals surface area contributed by atoms with Crippen LogP contribution < -0.4 is 20.1 Å². The van der Waals surface area contributed by atoms with E-state index in [0.29, 0.717) is 23.1 Å². The van der Waals surface area contributed by atoms with Crippen LogP contribution in [0, 0.1) is 0 Å². The number of fused-ring (bicyclic) bond motifs is 1. The molecule has 2 atom stereocenters. The smallest absolute Gasteiger partial charge is 0.235 e. The van der Waals surface area contributed by atoms with Crippen molar-refractivity contribution in [2.24, 2.45) is 9.57 Å². The number of nitrogens with zero attached hydrogens (tertiary/aromatic N) is 2. The van der Waals surface area contributed by atoms with Gasteiger partial charge in [-0.3, -0.25) is 9.59 Å². The number of hydrogen-bond donors (Lipinski definition) is 2. The molecule has 8 nitrogen and oxygen atoms in total. The van der Waals surface area contributed by atoms with Crippen LogP contribution in [0.15, 0.2) is 27.8 Å². The minimum Gasteiger partial charge on any atom is -0.454 e. The van der Waals surface area contributed by atoms with Crippen molar-refractivity contribution in [2.45, 2.75) is 25.5 Å². The highest BCUT2D eigenvalue weighted by molar-refractivity contribution is 7.89. The number of amides is 2. The molecule has 3 rings (SSSR count). The van der Waals surface area contributed by atoms with Crippen LogP contribution >= 0.6 is 0 Å². The van der Waals surface area contributed by atoms with Crippen molar-refractivity contribution in [3.8, 4) is 11.5 Å². The van der Waals surface area contributed by atoms with Crippen molar-refractivity contribution in [1.82, 2.24) is 5.32 Å². The van der Waals surface area contributed by atoms with Crippen LogP contribution in [-0.2, 0) is 20.3 Å². The molecule has 2 aliphatic rings. The van der Waals surface area contributed by atoms with Gasteiger partial charge in [-0.05, 0) is 36.7 Å². The molecule has 2 N–H and O–H groups in total. The normalized spacial score (nSPS) is 21.5. The summed E-state index contributed by atoms with van der Waals surface area (Å²) < 4.78 is 14.7. The van der Waals surface area contributed by atoms with E-state index in [-0.39, 0.29) is 25.0 Å². The van der Waals surface area contributed by atoms with Crippen molar-refractivity contribution in [3.63, 3.8) is 0 Å². The van der Waals surface area contributed by atoms with Gasteiger partial charge in [-0.15, -0.1) is 4.47 Å². The molecule has 2 heterocycles. The van der Waals surface area contributed by atoms with E-state index in [4.69, 9.17) is 9.47 Å². The monoisotopic (exact) mass is 350 g/mol. The second-order valence-corrected chi connectivity index (χ2v) is 7.35. The van der Waals surface area contributed by atoms with E-state index in [9.17, 15) is 9.59 Å². The third-order valence-corrected chi connectivity index (χ3v) is 5.16. The fraction of sp³-hybridized carbons (Fsp3) is 0.400. The fourth-order valence-corrected chi connectivity index (χ4v) is 3.85. The Labute approximate surface area is 141 Å². The van der Waals surface area contributed by atoms with E-state index in [1.807, 2.05) is 13.8 Å². The number of benzene rings is 1. The predicted molar refractivity (Wildman–Crippen MR) is 91.2 cm³/mol. The summed E-state index contributed by atoms with van der Waals surface area (Å²) in [6.45, 7) is 3.84. The second kappa shape index (κ2) is 7.00. The molecule has 0 radical (unpaired) electrons. The lowest BCUT2D eigenvalue weighted by Crippen LogP contribution is -2.28. The zero-order valence-corrected chi connectivity index (χ0v) is 14.2. The Morgan fingerprint density at radius 3 is 2.96 bits per heavy atom. The van der Waals surface area contributed by atoms with Gasteiger partial charge in [0.1, 0.15) is 5.25 Å². The Hall–Kier alpha value is -2.42. The van der Waals surface area contributed by atoms with E-state index < -0.39 is 15.9 Å². The molecule has 9 heteroatoms. The molecule has 1 aromatic carbocycles. The summed E-state index contributed by atoms with van der Waals surface area (Å²) in [6, 6.07) is 5.16. The molecule has 2 unspecified atom stereocenters. The summed E-state index contributed by atoms with van der Waals surface area (Å²) in [5, 5.41) is 9.05. The van der Waals surface area contributed by atoms with Crippen LogP contribution in [-0.4, -0.2) is 35.4 Å². The summed E-state index contributed by atoms with van der Waals surface area (Å²) in [7, 11) is -0.623. The van der Waals surface area contributed by atoms with Gasteiger partial charge in [0.25, 0.3) is 0 Å². The van der Waals surface area contributed by atoms with Crippen molar-refractivity contribution >= 4 is 33.9 Å². The van der Waals surface area contributed by atoms with Crippen LogP contribution in [0.2, 0.25) is 0 Å². The quantitative estimate of drug-likeness (QED) is 0.633. The maximum Gasteiger partial charge on any atom is 0.235 e. The first kappa shape index (κ1) is 16.4. The molecule has 1 fully saturated rings. The molecule has 0 bridgehead atoms. The molecule has 0 aliphatic carbocycles. The summed E-state index contributed by atoms with van der Waals surface area (Å²) in [6.07, 6.45) is 0.0607. The van der Waals surface area contributed by atoms with Crippen LogP contribution in [0.1, 0.15) is 20.3 Å². The highest BCUT2D eigenvalue weighted by Crippen LogP contribution is 2.34. The van der Waals surface area contributed by atoms with Gasteiger partial charge in [0.2, 0.25) is 18.6 Å². The van der Waals surface area contributed by atoms with Gasteiger partial charge >= 0.3 is 0 Å². The number of carbonyl (C=O) groups is 2. The van der Waals surface area contributed by atoms with Crippen LogP contribution in [0.4, 0.5) is 5.69 Å². The average molecular weight is 350 g/mol. The van der Waals surface area contributed by atoms with Gasteiger partial charge in [-0.25, -0.2) is 0 Å². The van der Waals surface area contributed by atoms with Crippen molar-refractivity contribution in [1.29, 1.82) is 0 Å². The molecule has 2 aliphatic heterocycles. The van der Waals surface area contributed by atoms with Crippen molar-refractivity contribution in [2.75, 3.05) is 18.0 Å². The Balaban J connectivity index is 1.66. The maximum atomic E-state index is 12.3. The summed E-state index contributed by atoms with van der Waals surface area (Å²) in [5.74, 6) is 1.26. The van der Waals surface area contributed by atoms with Crippen molar-refractivity contribution in [3.05, 3.63) is 18.2 Å². The van der Waals surface area contributed by atoms with E-state index in [1.54, 1.807) is 18.2 Å². The number of anilines is 1. The minimum absolute atomic E-state index is 0.0607. The number of nitrogens with one attached hydrogen (secondary N) is 2. The Morgan fingerprint density at radius 1 is 1.38 bits per heavy atom.